The zero-order chi connectivity index (χ0) is 10.4. The van der Waals surface area contributed by atoms with Gasteiger partial charge in [0, 0.05) is 17.8 Å². The Labute approximate surface area is 96.8 Å². The molecule has 0 saturated carbocycles. The lowest BCUT2D eigenvalue weighted by atomic mass is 10.3. The van der Waals surface area contributed by atoms with Crippen LogP contribution in [0.25, 0.3) is 0 Å². The molecule has 1 aromatic heterocycles. The second kappa shape index (κ2) is 6.32. The van der Waals surface area contributed by atoms with Crippen LogP contribution in [-0.2, 0) is 11.2 Å². The van der Waals surface area contributed by atoms with Gasteiger partial charge in [0.25, 0.3) is 0 Å². The molecule has 1 N–H and O–H groups in total. The molecule has 1 rings (SSSR count). The number of hydrogen-bond acceptors (Lipinski definition) is 3. The van der Waals surface area contributed by atoms with Crippen molar-refractivity contribution in [1.29, 1.82) is 0 Å². The van der Waals surface area contributed by atoms with Crippen molar-refractivity contribution in [2.45, 2.75) is 19.8 Å². The molecule has 2 nitrogen and oxygen atoms in total. The summed E-state index contributed by atoms with van der Waals surface area (Å²) in [6.07, 6.45) is 1.67. The zero-order valence-corrected chi connectivity index (χ0v) is 10.6. The van der Waals surface area contributed by atoms with Gasteiger partial charge >= 0.3 is 0 Å². The predicted molar refractivity (Wildman–Crippen MR) is 63.9 cm³/mol. The van der Waals surface area contributed by atoms with Crippen LogP contribution in [0, 0.1) is 0 Å². The minimum Gasteiger partial charge on any atom is -0.316 e. The Morgan fingerprint density at radius 2 is 2.29 bits per heavy atom. The van der Waals surface area contributed by atoms with E-state index in [-0.39, 0.29) is 5.78 Å². The van der Waals surface area contributed by atoms with Crippen molar-refractivity contribution in [2.75, 3.05) is 13.1 Å². The molecular weight excluding hydrogens is 262 g/mol. The average Bonchev–Trinajstić information content (AvgIpc) is 2.50. The van der Waals surface area contributed by atoms with Gasteiger partial charge in [0.15, 0.2) is 0 Å². The molecule has 4 heteroatoms. The molecule has 0 bridgehead atoms. The molecule has 0 spiro atoms. The highest BCUT2D eigenvalue weighted by molar-refractivity contribution is 9.11. The number of Topliss-reactive ketones (excluding diaryl/α,β-unsaturated/α-hetero) is 1. The number of carbonyl (C=O) groups is 1. The zero-order valence-electron chi connectivity index (χ0n) is 8.18. The molecule has 0 fully saturated rings. The molecule has 0 atom stereocenters. The van der Waals surface area contributed by atoms with E-state index < -0.39 is 0 Å². The van der Waals surface area contributed by atoms with Crippen LogP contribution in [0.15, 0.2) is 15.9 Å². The molecule has 0 saturated heterocycles. The third-order valence-corrected chi connectivity index (χ3v) is 3.51. The van der Waals surface area contributed by atoms with E-state index in [2.05, 4.69) is 33.4 Å². The summed E-state index contributed by atoms with van der Waals surface area (Å²) < 4.78 is 1.18. The standard InChI is InChI=1S/C10H14BrNOS/c1-8(13)4-6-12-7-5-9-2-3-10(11)14-9/h2-3,12H,4-7H2,1H3. The molecule has 78 valence electrons. The summed E-state index contributed by atoms with van der Waals surface area (Å²) in [5.41, 5.74) is 0. The van der Waals surface area contributed by atoms with Crippen LogP contribution in [0.1, 0.15) is 18.2 Å². The Hall–Kier alpha value is -0.190. The summed E-state index contributed by atoms with van der Waals surface area (Å²) in [6.45, 7) is 3.36. The Balaban J connectivity index is 2.07. The fourth-order valence-electron chi connectivity index (χ4n) is 1.09. The van der Waals surface area contributed by atoms with Gasteiger partial charge in [-0.15, -0.1) is 11.3 Å². The Bertz CT molecular complexity index is 298. The van der Waals surface area contributed by atoms with Crippen LogP contribution in [0.5, 0.6) is 0 Å². The SMILES string of the molecule is CC(=O)CCNCCc1ccc(Br)s1. The molecule has 0 unspecified atom stereocenters. The summed E-state index contributed by atoms with van der Waals surface area (Å²) in [6, 6.07) is 4.19. The summed E-state index contributed by atoms with van der Waals surface area (Å²) in [4.78, 5) is 12.0. The Kier molecular flexibility index (Phi) is 5.37. The Morgan fingerprint density at radius 3 is 2.86 bits per heavy atom. The molecule has 0 aliphatic heterocycles. The lowest BCUT2D eigenvalue weighted by Crippen LogP contribution is -2.19. The van der Waals surface area contributed by atoms with E-state index in [1.807, 2.05) is 0 Å². The number of carbonyl (C=O) groups excluding carboxylic acids is 1. The predicted octanol–water partition coefficient (Wildman–Crippen LogP) is 2.62. The van der Waals surface area contributed by atoms with Gasteiger partial charge in [-0.1, -0.05) is 0 Å². The topological polar surface area (TPSA) is 29.1 Å². The van der Waals surface area contributed by atoms with Crippen molar-refractivity contribution in [2.24, 2.45) is 0 Å². The van der Waals surface area contributed by atoms with Crippen LogP contribution >= 0.6 is 27.3 Å². The minimum absolute atomic E-state index is 0.247. The number of halogens is 1. The van der Waals surface area contributed by atoms with Gasteiger partial charge in [-0.2, -0.15) is 0 Å². The van der Waals surface area contributed by atoms with Gasteiger partial charge in [0.05, 0.1) is 3.79 Å². The normalized spacial score (nSPS) is 10.4. The quantitative estimate of drug-likeness (QED) is 0.809. The molecule has 1 heterocycles. The molecule has 0 aliphatic rings. The molecule has 0 radical (unpaired) electrons. The van der Waals surface area contributed by atoms with Crippen molar-refractivity contribution in [1.82, 2.24) is 5.32 Å². The summed E-state index contributed by atoms with van der Waals surface area (Å²) in [5, 5.41) is 3.24. The number of nitrogens with one attached hydrogen (secondary N) is 1. The highest BCUT2D eigenvalue weighted by Gasteiger charge is 1.97. The first-order valence-electron chi connectivity index (χ1n) is 4.63. The highest BCUT2D eigenvalue weighted by Crippen LogP contribution is 2.21. The van der Waals surface area contributed by atoms with E-state index >= 15 is 0 Å². The summed E-state index contributed by atoms with van der Waals surface area (Å²) in [7, 11) is 0. The molecule has 0 amide bonds. The summed E-state index contributed by atoms with van der Waals surface area (Å²) >= 11 is 5.19. The number of ketones is 1. The molecular formula is C10H14BrNOS. The molecule has 0 aliphatic carbocycles. The van der Waals surface area contributed by atoms with Gasteiger partial charge in [-0.3, -0.25) is 4.79 Å². The first-order chi connectivity index (χ1) is 6.68. The van der Waals surface area contributed by atoms with Crippen molar-refractivity contribution < 1.29 is 4.79 Å². The van der Waals surface area contributed by atoms with E-state index in [0.717, 1.165) is 19.5 Å². The third-order valence-electron chi connectivity index (χ3n) is 1.83. The second-order valence-electron chi connectivity index (χ2n) is 3.16. The first kappa shape index (κ1) is 11.9. The lowest BCUT2D eigenvalue weighted by Gasteiger charge is -2.00. The monoisotopic (exact) mass is 275 g/mol. The maximum atomic E-state index is 10.6. The van der Waals surface area contributed by atoms with Crippen LogP contribution in [0.2, 0.25) is 0 Å². The largest absolute Gasteiger partial charge is 0.316 e. The summed E-state index contributed by atoms with van der Waals surface area (Å²) in [5.74, 6) is 0.247. The van der Waals surface area contributed by atoms with Crippen LogP contribution in [0.3, 0.4) is 0 Å². The number of rotatable bonds is 6. The van der Waals surface area contributed by atoms with E-state index in [1.165, 1.54) is 8.66 Å². The van der Waals surface area contributed by atoms with Gasteiger partial charge in [0.2, 0.25) is 0 Å². The maximum absolute atomic E-state index is 10.6. The van der Waals surface area contributed by atoms with Crippen molar-refractivity contribution in [3.05, 3.63) is 20.8 Å². The molecule has 14 heavy (non-hydrogen) atoms. The van der Waals surface area contributed by atoms with Gasteiger partial charge < -0.3 is 5.32 Å². The third kappa shape index (κ3) is 4.88. The number of thiophene rings is 1. The fourth-order valence-corrected chi connectivity index (χ4v) is 2.57. The second-order valence-corrected chi connectivity index (χ2v) is 5.71. The number of hydrogen-bond donors (Lipinski definition) is 1. The van der Waals surface area contributed by atoms with Crippen molar-refractivity contribution >= 4 is 33.0 Å². The lowest BCUT2D eigenvalue weighted by molar-refractivity contribution is -0.116. The van der Waals surface area contributed by atoms with E-state index in [9.17, 15) is 4.79 Å². The maximum Gasteiger partial charge on any atom is 0.131 e. The van der Waals surface area contributed by atoms with Crippen LogP contribution in [0.4, 0.5) is 0 Å². The van der Waals surface area contributed by atoms with Gasteiger partial charge in [-0.25, -0.2) is 0 Å². The first-order valence-corrected chi connectivity index (χ1v) is 6.24. The Morgan fingerprint density at radius 1 is 1.50 bits per heavy atom. The smallest absolute Gasteiger partial charge is 0.131 e. The highest BCUT2D eigenvalue weighted by atomic mass is 79.9. The van der Waals surface area contributed by atoms with E-state index in [0.29, 0.717) is 6.42 Å². The minimum atomic E-state index is 0.247. The molecule has 0 aromatic carbocycles. The van der Waals surface area contributed by atoms with Gasteiger partial charge in [-0.05, 0) is 48.0 Å². The molecule has 1 aromatic rings. The van der Waals surface area contributed by atoms with E-state index in [1.54, 1.807) is 18.3 Å². The van der Waals surface area contributed by atoms with Crippen LogP contribution < -0.4 is 5.32 Å². The van der Waals surface area contributed by atoms with Gasteiger partial charge in [0.1, 0.15) is 5.78 Å². The van der Waals surface area contributed by atoms with E-state index in [4.69, 9.17) is 0 Å². The average molecular weight is 276 g/mol. The fraction of sp³-hybridized carbons (Fsp3) is 0.500. The van der Waals surface area contributed by atoms with Crippen molar-refractivity contribution in [3.63, 3.8) is 0 Å². The van der Waals surface area contributed by atoms with Crippen molar-refractivity contribution in [3.8, 4) is 0 Å². The van der Waals surface area contributed by atoms with Crippen LogP contribution in [-0.4, -0.2) is 18.9 Å².